The number of thioether (sulfide) groups is 1. The van der Waals surface area contributed by atoms with Gasteiger partial charge in [-0.25, -0.2) is 0 Å². The van der Waals surface area contributed by atoms with Gasteiger partial charge in [-0.1, -0.05) is 48.4 Å². The maximum absolute atomic E-state index is 13.0. The number of nitrogens with two attached hydrogens (primary N) is 1. The van der Waals surface area contributed by atoms with Crippen LogP contribution in [0.15, 0.2) is 78.0 Å². The molecule has 5 aromatic rings. The lowest BCUT2D eigenvalue weighted by Crippen LogP contribution is -2.24. The molecule has 5 heteroatoms. The minimum absolute atomic E-state index is 0.0155. The molecule has 4 N–H and O–H groups in total. The van der Waals surface area contributed by atoms with Gasteiger partial charge in [0, 0.05) is 45.0 Å². The van der Waals surface area contributed by atoms with Crippen LogP contribution in [0.3, 0.4) is 0 Å². The molecule has 0 fully saturated rings. The third-order valence-electron chi connectivity index (χ3n) is 6.90. The van der Waals surface area contributed by atoms with Crippen molar-refractivity contribution in [3.63, 3.8) is 0 Å². The van der Waals surface area contributed by atoms with Crippen molar-refractivity contribution in [1.82, 2.24) is 9.97 Å². The van der Waals surface area contributed by atoms with E-state index >= 15 is 0 Å². The molecule has 0 saturated carbocycles. The Hall–Kier alpha value is -3.44. The third-order valence-corrected chi connectivity index (χ3v) is 7.87. The van der Waals surface area contributed by atoms with E-state index < -0.39 is 5.92 Å². The number of fused-ring (bicyclic) bond motifs is 2. The number of carbonyl (C=O) groups is 1. The number of amides is 1. The lowest BCUT2D eigenvalue weighted by molar-refractivity contribution is -0.119. The summed E-state index contributed by atoms with van der Waals surface area (Å²) in [7, 11) is 0. The van der Waals surface area contributed by atoms with E-state index in [0.29, 0.717) is 6.42 Å². The molecule has 5 rings (SSSR count). The number of aromatic nitrogens is 2. The Labute approximate surface area is 210 Å². The van der Waals surface area contributed by atoms with E-state index in [9.17, 15) is 4.79 Å². The molecule has 35 heavy (non-hydrogen) atoms. The molecule has 3 aromatic carbocycles. The fourth-order valence-corrected chi connectivity index (χ4v) is 6.06. The number of rotatable bonds is 8. The van der Waals surface area contributed by atoms with Crippen molar-refractivity contribution in [2.75, 3.05) is 5.75 Å². The van der Waals surface area contributed by atoms with Gasteiger partial charge in [-0.2, -0.15) is 0 Å². The molecule has 0 saturated heterocycles. The molecule has 178 valence electrons. The van der Waals surface area contributed by atoms with Crippen molar-refractivity contribution < 1.29 is 4.79 Å². The molecule has 0 aliphatic rings. The molecule has 0 aliphatic carbocycles. The zero-order chi connectivity index (χ0) is 24.5. The van der Waals surface area contributed by atoms with E-state index in [2.05, 4.69) is 91.7 Å². The van der Waals surface area contributed by atoms with E-state index in [-0.39, 0.29) is 11.8 Å². The Kier molecular flexibility index (Phi) is 6.44. The first-order chi connectivity index (χ1) is 17.0. The molecule has 2 heterocycles. The fourth-order valence-electron chi connectivity index (χ4n) is 5.20. The minimum atomic E-state index is -0.403. The van der Waals surface area contributed by atoms with E-state index in [1.54, 1.807) is 11.8 Å². The summed E-state index contributed by atoms with van der Waals surface area (Å²) in [5.41, 5.74) is 14.1. The molecule has 1 amide bonds. The quantitative estimate of drug-likeness (QED) is 0.206. The standard InChI is InChI=1S/C30H31N3OS/c1-4-35-29-8-6-5-7-20(29)24(30(31)34)15-21(25-16-32-27-11-9-18(2)13-22(25)27)26-17-33-28-12-10-19(3)14-23(26)28/h5-14,16-17,21,24,32-33H,4,15H2,1-3H3,(H2,31,34). The van der Waals surface area contributed by atoms with Gasteiger partial charge in [0.25, 0.3) is 0 Å². The fraction of sp³-hybridized carbons (Fsp3) is 0.233. The number of aryl methyl sites for hydroxylation is 2. The molecule has 4 nitrogen and oxygen atoms in total. The van der Waals surface area contributed by atoms with Crippen LogP contribution in [0.25, 0.3) is 21.8 Å². The zero-order valence-corrected chi connectivity index (χ0v) is 21.2. The second-order valence-electron chi connectivity index (χ2n) is 9.30. The monoisotopic (exact) mass is 481 g/mol. The molecule has 1 unspecified atom stereocenters. The van der Waals surface area contributed by atoms with Crippen LogP contribution in [0, 0.1) is 13.8 Å². The predicted octanol–water partition coefficient (Wildman–Crippen LogP) is 7.17. The Balaban J connectivity index is 1.70. The van der Waals surface area contributed by atoms with Gasteiger partial charge in [0.2, 0.25) is 5.91 Å². The SMILES string of the molecule is CCSc1ccccc1C(CC(c1c[nH]c2ccc(C)cc12)c1c[nH]c2ccc(C)cc12)C(N)=O. The van der Waals surface area contributed by atoms with Gasteiger partial charge in [0.15, 0.2) is 0 Å². The van der Waals surface area contributed by atoms with Gasteiger partial charge in [0.1, 0.15) is 0 Å². The van der Waals surface area contributed by atoms with Gasteiger partial charge in [-0.3, -0.25) is 4.79 Å². The summed E-state index contributed by atoms with van der Waals surface area (Å²) >= 11 is 1.76. The molecular formula is C30H31N3OS. The largest absolute Gasteiger partial charge is 0.369 e. The highest BCUT2D eigenvalue weighted by molar-refractivity contribution is 7.99. The van der Waals surface area contributed by atoms with Crippen LogP contribution in [-0.2, 0) is 4.79 Å². The van der Waals surface area contributed by atoms with Crippen LogP contribution in [0.5, 0.6) is 0 Å². The lowest BCUT2D eigenvalue weighted by Gasteiger charge is -2.24. The highest BCUT2D eigenvalue weighted by Gasteiger charge is 2.29. The first-order valence-corrected chi connectivity index (χ1v) is 13.1. The van der Waals surface area contributed by atoms with Gasteiger partial charge in [0.05, 0.1) is 5.92 Å². The summed E-state index contributed by atoms with van der Waals surface area (Å²) in [6.07, 6.45) is 4.81. The molecular weight excluding hydrogens is 450 g/mol. The van der Waals surface area contributed by atoms with E-state index in [1.807, 2.05) is 12.1 Å². The molecule has 0 radical (unpaired) electrons. The lowest BCUT2D eigenvalue weighted by atomic mass is 9.80. The summed E-state index contributed by atoms with van der Waals surface area (Å²) in [6, 6.07) is 21.2. The molecule has 1 atom stereocenters. The van der Waals surface area contributed by atoms with Gasteiger partial charge >= 0.3 is 0 Å². The Bertz CT molecular complexity index is 1430. The molecule has 0 bridgehead atoms. The summed E-state index contributed by atoms with van der Waals surface area (Å²) in [4.78, 5) is 21.0. The molecule has 0 aliphatic heterocycles. The summed E-state index contributed by atoms with van der Waals surface area (Å²) in [5.74, 6) is 0.235. The van der Waals surface area contributed by atoms with Crippen LogP contribution in [0.2, 0.25) is 0 Å². The highest BCUT2D eigenvalue weighted by atomic mass is 32.2. The predicted molar refractivity (Wildman–Crippen MR) is 147 cm³/mol. The molecule has 0 spiro atoms. The van der Waals surface area contributed by atoms with Crippen LogP contribution < -0.4 is 5.73 Å². The third kappa shape index (κ3) is 4.48. The van der Waals surface area contributed by atoms with Gasteiger partial charge < -0.3 is 15.7 Å². The Morgan fingerprint density at radius 2 is 1.43 bits per heavy atom. The number of carbonyl (C=O) groups excluding carboxylic acids is 1. The van der Waals surface area contributed by atoms with Crippen molar-refractivity contribution in [1.29, 1.82) is 0 Å². The summed E-state index contributed by atoms with van der Waals surface area (Å²) in [6.45, 7) is 6.36. The Morgan fingerprint density at radius 1 is 0.857 bits per heavy atom. The average molecular weight is 482 g/mol. The van der Waals surface area contributed by atoms with Crippen LogP contribution in [0.4, 0.5) is 0 Å². The number of aromatic amines is 2. The first kappa shape index (κ1) is 23.3. The van der Waals surface area contributed by atoms with Crippen molar-refractivity contribution in [2.24, 2.45) is 5.73 Å². The number of nitrogens with one attached hydrogen (secondary N) is 2. The smallest absolute Gasteiger partial charge is 0.225 e. The highest BCUT2D eigenvalue weighted by Crippen LogP contribution is 2.42. The van der Waals surface area contributed by atoms with E-state index in [4.69, 9.17) is 5.73 Å². The first-order valence-electron chi connectivity index (χ1n) is 12.1. The van der Waals surface area contributed by atoms with Crippen molar-refractivity contribution in [2.45, 2.75) is 43.9 Å². The van der Waals surface area contributed by atoms with Gasteiger partial charge in [-0.05, 0) is 73.0 Å². The zero-order valence-electron chi connectivity index (χ0n) is 20.4. The maximum atomic E-state index is 13.0. The number of benzene rings is 3. The summed E-state index contributed by atoms with van der Waals surface area (Å²) in [5, 5.41) is 2.38. The topological polar surface area (TPSA) is 74.7 Å². The van der Waals surface area contributed by atoms with Crippen molar-refractivity contribution >= 4 is 39.5 Å². The number of hydrogen-bond acceptors (Lipinski definition) is 2. The minimum Gasteiger partial charge on any atom is -0.369 e. The maximum Gasteiger partial charge on any atom is 0.225 e. The summed E-state index contributed by atoms with van der Waals surface area (Å²) < 4.78 is 0. The Morgan fingerprint density at radius 3 is 1.97 bits per heavy atom. The van der Waals surface area contributed by atoms with Crippen molar-refractivity contribution in [3.05, 3.63) is 101 Å². The molecule has 2 aromatic heterocycles. The second-order valence-corrected chi connectivity index (χ2v) is 10.6. The van der Waals surface area contributed by atoms with E-state index in [0.717, 1.165) is 27.2 Å². The average Bonchev–Trinajstić information content (AvgIpc) is 3.44. The van der Waals surface area contributed by atoms with Gasteiger partial charge in [-0.15, -0.1) is 11.8 Å². The number of primary amides is 1. The van der Waals surface area contributed by atoms with Crippen molar-refractivity contribution in [3.8, 4) is 0 Å². The normalized spacial score (nSPS) is 12.6. The second kappa shape index (κ2) is 9.67. The van der Waals surface area contributed by atoms with E-state index in [1.165, 1.54) is 33.0 Å². The number of H-pyrrole nitrogens is 2. The van der Waals surface area contributed by atoms with Crippen LogP contribution in [-0.4, -0.2) is 21.6 Å². The number of hydrogen-bond donors (Lipinski definition) is 3. The van der Waals surface area contributed by atoms with Crippen LogP contribution >= 0.6 is 11.8 Å². The van der Waals surface area contributed by atoms with Crippen LogP contribution in [0.1, 0.15) is 53.0 Å².